The van der Waals surface area contributed by atoms with Gasteiger partial charge in [-0.1, -0.05) is 23.9 Å². The number of amides is 1. The highest BCUT2D eigenvalue weighted by atomic mass is 32.2. The van der Waals surface area contributed by atoms with Gasteiger partial charge in [0.1, 0.15) is 6.04 Å². The number of thioether (sulfide) groups is 1. The number of carboxylic acids is 1. The number of fused-ring (bicyclic) bond motifs is 1. The maximum absolute atomic E-state index is 11.9. The molecule has 0 fully saturated rings. The van der Waals surface area contributed by atoms with E-state index in [4.69, 9.17) is 5.11 Å². The van der Waals surface area contributed by atoms with Gasteiger partial charge in [-0.15, -0.1) is 0 Å². The molecule has 1 aromatic heterocycles. The van der Waals surface area contributed by atoms with E-state index in [-0.39, 0.29) is 11.7 Å². The van der Waals surface area contributed by atoms with E-state index in [0.717, 1.165) is 22.8 Å². The summed E-state index contributed by atoms with van der Waals surface area (Å²) < 4.78 is 1.77. The molecule has 2 aromatic rings. The van der Waals surface area contributed by atoms with Gasteiger partial charge in [0.25, 0.3) is 0 Å². The predicted octanol–water partition coefficient (Wildman–Crippen LogP) is 1.52. The van der Waals surface area contributed by atoms with Crippen LogP contribution in [-0.4, -0.2) is 39.3 Å². The van der Waals surface area contributed by atoms with Gasteiger partial charge in [-0.05, 0) is 19.1 Å². The number of carbonyl (C=O) groups is 2. The van der Waals surface area contributed by atoms with Crippen LogP contribution in [0, 0.1) is 0 Å². The highest BCUT2D eigenvalue weighted by Gasteiger charge is 2.21. The van der Waals surface area contributed by atoms with Crippen molar-refractivity contribution in [1.29, 1.82) is 0 Å². The molecule has 0 bridgehead atoms. The molecular formula is C13H15N3O3S. The van der Waals surface area contributed by atoms with Crippen LogP contribution in [0.2, 0.25) is 0 Å². The third kappa shape index (κ3) is 2.77. The van der Waals surface area contributed by atoms with Gasteiger partial charge < -0.3 is 15.0 Å². The minimum Gasteiger partial charge on any atom is -0.481 e. The second kappa shape index (κ2) is 5.96. The second-order valence-corrected chi connectivity index (χ2v) is 5.17. The van der Waals surface area contributed by atoms with Crippen LogP contribution in [0.1, 0.15) is 13.0 Å². The van der Waals surface area contributed by atoms with Crippen molar-refractivity contribution >= 4 is 34.7 Å². The highest BCUT2D eigenvalue weighted by Crippen LogP contribution is 2.27. The first-order valence-corrected chi connectivity index (χ1v) is 7.06. The molecular weight excluding hydrogens is 278 g/mol. The molecule has 2 N–H and O–H groups in total. The van der Waals surface area contributed by atoms with Crippen molar-refractivity contribution in [3.05, 3.63) is 24.3 Å². The van der Waals surface area contributed by atoms with Gasteiger partial charge in [-0.3, -0.25) is 9.59 Å². The third-order valence-electron chi connectivity index (χ3n) is 2.90. The first-order valence-electron chi connectivity index (χ1n) is 6.07. The van der Waals surface area contributed by atoms with Crippen LogP contribution in [0.4, 0.5) is 0 Å². The van der Waals surface area contributed by atoms with Gasteiger partial charge >= 0.3 is 5.97 Å². The smallest absolute Gasteiger partial charge is 0.313 e. The van der Waals surface area contributed by atoms with Crippen molar-refractivity contribution in [2.45, 2.75) is 18.1 Å². The zero-order valence-corrected chi connectivity index (χ0v) is 12.0. The molecule has 106 valence electrons. The van der Waals surface area contributed by atoms with E-state index in [0.29, 0.717) is 5.16 Å². The molecule has 1 amide bonds. The van der Waals surface area contributed by atoms with E-state index in [1.165, 1.54) is 0 Å². The maximum atomic E-state index is 11.9. The van der Waals surface area contributed by atoms with Crippen LogP contribution in [0.5, 0.6) is 0 Å². The molecule has 1 aromatic carbocycles. The molecule has 2 rings (SSSR count). The van der Waals surface area contributed by atoms with E-state index in [2.05, 4.69) is 10.3 Å². The standard InChI is InChI=1S/C13H15N3O3S/c1-8(12(19)14-2)16-10-6-4-3-5-9(10)15-13(16)20-7-11(17)18/h3-6,8H,7H2,1-2H3,(H,14,19)(H,17,18). The number of hydrogen-bond donors (Lipinski definition) is 2. The van der Waals surface area contributed by atoms with Crippen molar-refractivity contribution < 1.29 is 14.7 Å². The van der Waals surface area contributed by atoms with Gasteiger partial charge in [-0.25, -0.2) is 4.98 Å². The summed E-state index contributed by atoms with van der Waals surface area (Å²) in [5, 5.41) is 11.9. The average Bonchev–Trinajstić information content (AvgIpc) is 2.81. The van der Waals surface area contributed by atoms with E-state index in [9.17, 15) is 9.59 Å². The van der Waals surface area contributed by atoms with E-state index in [1.54, 1.807) is 18.5 Å². The number of rotatable bonds is 5. The number of benzene rings is 1. The van der Waals surface area contributed by atoms with Gasteiger partial charge in [0.15, 0.2) is 5.16 Å². The van der Waals surface area contributed by atoms with Crippen LogP contribution < -0.4 is 5.32 Å². The number of carboxylic acid groups (broad SMARTS) is 1. The number of nitrogens with zero attached hydrogens (tertiary/aromatic N) is 2. The molecule has 0 radical (unpaired) electrons. The molecule has 20 heavy (non-hydrogen) atoms. The summed E-state index contributed by atoms with van der Waals surface area (Å²) in [5.41, 5.74) is 1.56. The first kappa shape index (κ1) is 14.4. The minimum absolute atomic E-state index is 0.0935. The molecule has 7 heteroatoms. The Morgan fingerprint density at radius 3 is 2.80 bits per heavy atom. The Morgan fingerprint density at radius 1 is 1.45 bits per heavy atom. The summed E-state index contributed by atoms with van der Waals surface area (Å²) >= 11 is 1.11. The number of hydrogen-bond acceptors (Lipinski definition) is 4. The van der Waals surface area contributed by atoms with E-state index in [1.807, 2.05) is 24.3 Å². The molecule has 0 spiro atoms. The van der Waals surface area contributed by atoms with Gasteiger partial charge in [0.05, 0.1) is 16.8 Å². The van der Waals surface area contributed by atoms with Crippen LogP contribution in [0.3, 0.4) is 0 Å². The van der Waals surface area contributed by atoms with Crippen LogP contribution in [0.15, 0.2) is 29.4 Å². The fraction of sp³-hybridized carbons (Fsp3) is 0.308. The SMILES string of the molecule is CNC(=O)C(C)n1c(SCC(=O)O)nc2ccccc21. The fourth-order valence-electron chi connectivity index (χ4n) is 1.95. The lowest BCUT2D eigenvalue weighted by molar-refractivity contribution is -0.133. The normalized spacial score (nSPS) is 12.3. The number of aromatic nitrogens is 2. The van der Waals surface area contributed by atoms with Crippen molar-refractivity contribution in [2.24, 2.45) is 0 Å². The Kier molecular flexibility index (Phi) is 4.29. The van der Waals surface area contributed by atoms with Gasteiger partial charge in [0.2, 0.25) is 5.91 Å². The van der Waals surface area contributed by atoms with Gasteiger partial charge in [0, 0.05) is 7.05 Å². The summed E-state index contributed by atoms with van der Waals surface area (Å²) in [5.74, 6) is -1.16. The monoisotopic (exact) mass is 293 g/mol. The number of nitrogens with one attached hydrogen (secondary N) is 1. The van der Waals surface area contributed by atoms with Crippen LogP contribution in [0.25, 0.3) is 11.0 Å². The topological polar surface area (TPSA) is 84.2 Å². The lowest BCUT2D eigenvalue weighted by atomic mass is 10.2. The number of para-hydroxylation sites is 2. The Balaban J connectivity index is 2.49. The van der Waals surface area contributed by atoms with Crippen molar-refractivity contribution in [1.82, 2.24) is 14.9 Å². The van der Waals surface area contributed by atoms with E-state index < -0.39 is 12.0 Å². The average molecular weight is 293 g/mol. The van der Waals surface area contributed by atoms with Gasteiger partial charge in [-0.2, -0.15) is 0 Å². The second-order valence-electron chi connectivity index (χ2n) is 4.23. The first-order chi connectivity index (χ1) is 9.54. The highest BCUT2D eigenvalue weighted by molar-refractivity contribution is 7.99. The van der Waals surface area contributed by atoms with Crippen LogP contribution in [-0.2, 0) is 9.59 Å². The van der Waals surface area contributed by atoms with E-state index >= 15 is 0 Å². The fourth-order valence-corrected chi connectivity index (χ4v) is 2.76. The molecule has 0 saturated carbocycles. The largest absolute Gasteiger partial charge is 0.481 e. The number of likely N-dealkylation sites (N-methyl/N-ethyl adjacent to an activating group) is 1. The van der Waals surface area contributed by atoms with Crippen LogP contribution >= 0.6 is 11.8 Å². The molecule has 0 aliphatic carbocycles. The Labute approximate surface area is 120 Å². The quantitative estimate of drug-likeness (QED) is 0.817. The minimum atomic E-state index is -0.916. The Bertz CT molecular complexity index is 653. The number of aliphatic carboxylic acids is 1. The number of imidazole rings is 1. The molecule has 0 aliphatic rings. The summed E-state index contributed by atoms with van der Waals surface area (Å²) in [6, 6.07) is 6.97. The maximum Gasteiger partial charge on any atom is 0.313 e. The van der Waals surface area contributed by atoms with Crippen molar-refractivity contribution in [2.75, 3.05) is 12.8 Å². The summed E-state index contributed by atoms with van der Waals surface area (Å²) in [4.78, 5) is 27.0. The molecule has 1 heterocycles. The molecule has 0 aliphatic heterocycles. The summed E-state index contributed by atoms with van der Waals surface area (Å²) in [6.07, 6.45) is 0. The lowest BCUT2D eigenvalue weighted by Crippen LogP contribution is -2.28. The summed E-state index contributed by atoms with van der Waals surface area (Å²) in [6.45, 7) is 1.76. The Morgan fingerprint density at radius 2 is 2.15 bits per heavy atom. The zero-order valence-electron chi connectivity index (χ0n) is 11.2. The Hall–Kier alpha value is -2.02. The third-order valence-corrected chi connectivity index (χ3v) is 3.84. The predicted molar refractivity (Wildman–Crippen MR) is 76.9 cm³/mol. The molecule has 1 atom stereocenters. The van der Waals surface area contributed by atoms with Crippen molar-refractivity contribution in [3.63, 3.8) is 0 Å². The zero-order chi connectivity index (χ0) is 14.7. The molecule has 6 nitrogen and oxygen atoms in total. The summed E-state index contributed by atoms with van der Waals surface area (Å²) in [7, 11) is 1.57. The van der Waals surface area contributed by atoms with Crippen molar-refractivity contribution in [3.8, 4) is 0 Å². The molecule has 1 unspecified atom stereocenters. The number of carbonyl (C=O) groups excluding carboxylic acids is 1. The molecule has 0 saturated heterocycles. The lowest BCUT2D eigenvalue weighted by Gasteiger charge is -2.15.